The molecule has 0 bridgehead atoms. The van der Waals surface area contributed by atoms with E-state index in [9.17, 15) is 0 Å². The summed E-state index contributed by atoms with van der Waals surface area (Å²) in [5, 5.41) is 0. The molecule has 80 valence electrons. The molecule has 0 saturated carbocycles. The molecule has 0 unspecified atom stereocenters. The Kier molecular flexibility index (Phi) is 4.39. The first-order chi connectivity index (χ1) is 7.13. The minimum Gasteiger partial charge on any atom is -0.292 e. The number of hydrogen-bond acceptors (Lipinski definition) is 1. The van der Waals surface area contributed by atoms with Crippen molar-refractivity contribution in [3.63, 3.8) is 0 Å². The highest BCUT2D eigenvalue weighted by Crippen LogP contribution is 2.08. The van der Waals surface area contributed by atoms with E-state index in [-0.39, 0.29) is 0 Å². The lowest BCUT2D eigenvalue weighted by Gasteiger charge is -2.22. The van der Waals surface area contributed by atoms with Gasteiger partial charge in [-0.05, 0) is 32.9 Å². The van der Waals surface area contributed by atoms with Crippen LogP contribution in [-0.2, 0) is 6.42 Å². The highest BCUT2D eigenvalue weighted by atomic mass is 15.1. The number of likely N-dealkylation sites (N-methyl/N-ethyl adjacent to an activating group) is 1. The van der Waals surface area contributed by atoms with Crippen molar-refractivity contribution in [3.05, 3.63) is 35.4 Å². The van der Waals surface area contributed by atoms with E-state index in [1.807, 2.05) is 0 Å². The third kappa shape index (κ3) is 3.77. The van der Waals surface area contributed by atoms with Gasteiger partial charge in [0.15, 0.2) is 0 Å². The molecule has 0 aliphatic heterocycles. The highest BCUT2D eigenvalue weighted by Gasteiger charge is 2.08. The van der Waals surface area contributed by atoms with Crippen LogP contribution in [0.1, 0.15) is 18.1 Å². The molecular formula is C14H19N. The molecular weight excluding hydrogens is 182 g/mol. The number of aryl methyl sites for hydroxylation is 1. The van der Waals surface area contributed by atoms with Crippen molar-refractivity contribution in [2.45, 2.75) is 26.3 Å². The molecule has 0 aromatic heterocycles. The molecule has 1 aromatic carbocycles. The number of nitrogens with zero attached hydrogens (tertiary/aromatic N) is 1. The normalized spacial score (nSPS) is 12.5. The van der Waals surface area contributed by atoms with Gasteiger partial charge in [0.2, 0.25) is 0 Å². The minimum absolute atomic E-state index is 0.490. The lowest BCUT2D eigenvalue weighted by atomic mass is 10.0. The summed E-state index contributed by atoms with van der Waals surface area (Å²) in [6.45, 7) is 5.03. The summed E-state index contributed by atoms with van der Waals surface area (Å²) in [4.78, 5) is 2.19. The summed E-state index contributed by atoms with van der Waals surface area (Å²) in [6.07, 6.45) is 6.34. The van der Waals surface area contributed by atoms with Crippen LogP contribution in [0.4, 0.5) is 0 Å². The second-order valence-corrected chi connectivity index (χ2v) is 4.16. The summed E-state index contributed by atoms with van der Waals surface area (Å²) in [7, 11) is 2.07. The average Bonchev–Trinajstić information content (AvgIpc) is 2.22. The Morgan fingerprint density at radius 3 is 2.47 bits per heavy atom. The second-order valence-electron chi connectivity index (χ2n) is 4.16. The predicted molar refractivity (Wildman–Crippen MR) is 65.8 cm³/mol. The van der Waals surface area contributed by atoms with Gasteiger partial charge in [-0.15, -0.1) is 6.42 Å². The van der Waals surface area contributed by atoms with Gasteiger partial charge >= 0.3 is 0 Å². The quantitative estimate of drug-likeness (QED) is 0.676. The Morgan fingerprint density at radius 2 is 1.93 bits per heavy atom. The fourth-order valence-electron chi connectivity index (χ4n) is 1.52. The zero-order valence-electron chi connectivity index (χ0n) is 9.83. The Labute approximate surface area is 93.1 Å². The summed E-state index contributed by atoms with van der Waals surface area (Å²) in [6, 6.07) is 9.18. The molecule has 0 spiro atoms. The van der Waals surface area contributed by atoms with E-state index in [2.05, 4.69) is 56.0 Å². The summed E-state index contributed by atoms with van der Waals surface area (Å²) >= 11 is 0. The lowest BCUT2D eigenvalue weighted by molar-refractivity contribution is 0.287. The topological polar surface area (TPSA) is 3.24 Å². The van der Waals surface area contributed by atoms with E-state index in [1.165, 1.54) is 11.1 Å². The van der Waals surface area contributed by atoms with E-state index in [4.69, 9.17) is 6.42 Å². The van der Waals surface area contributed by atoms with Gasteiger partial charge in [-0.1, -0.05) is 35.7 Å². The molecule has 0 fully saturated rings. The summed E-state index contributed by atoms with van der Waals surface area (Å²) in [5.41, 5.74) is 2.68. The van der Waals surface area contributed by atoms with E-state index in [0.29, 0.717) is 12.6 Å². The van der Waals surface area contributed by atoms with Gasteiger partial charge < -0.3 is 0 Å². The van der Waals surface area contributed by atoms with Crippen LogP contribution >= 0.6 is 0 Å². The van der Waals surface area contributed by atoms with Crippen LogP contribution in [0.25, 0.3) is 0 Å². The molecule has 1 nitrogen and oxygen atoms in total. The lowest BCUT2D eigenvalue weighted by Crippen LogP contribution is -2.31. The SMILES string of the molecule is C#CCN(C)[C@H](C)Cc1ccc(C)cc1. The van der Waals surface area contributed by atoms with Gasteiger partial charge in [-0.3, -0.25) is 4.90 Å². The van der Waals surface area contributed by atoms with Gasteiger partial charge in [-0.2, -0.15) is 0 Å². The molecule has 1 rings (SSSR count). The van der Waals surface area contributed by atoms with Crippen LogP contribution in [-0.4, -0.2) is 24.5 Å². The molecule has 15 heavy (non-hydrogen) atoms. The standard InChI is InChI=1S/C14H19N/c1-5-10-15(4)13(3)11-14-8-6-12(2)7-9-14/h1,6-9,13H,10-11H2,2-4H3/t13-/m1/s1. The van der Waals surface area contributed by atoms with Gasteiger partial charge in [0, 0.05) is 6.04 Å². The highest BCUT2D eigenvalue weighted by molar-refractivity contribution is 5.22. The summed E-state index contributed by atoms with van der Waals surface area (Å²) in [5.74, 6) is 2.67. The van der Waals surface area contributed by atoms with Crippen LogP contribution in [0.2, 0.25) is 0 Å². The fourth-order valence-corrected chi connectivity index (χ4v) is 1.52. The van der Waals surface area contributed by atoms with Crippen molar-refractivity contribution in [2.24, 2.45) is 0 Å². The Bertz CT molecular complexity index is 331. The maximum absolute atomic E-state index is 5.29. The van der Waals surface area contributed by atoms with Crippen molar-refractivity contribution in [1.29, 1.82) is 0 Å². The first-order valence-electron chi connectivity index (χ1n) is 5.32. The van der Waals surface area contributed by atoms with Crippen molar-refractivity contribution in [3.8, 4) is 12.3 Å². The smallest absolute Gasteiger partial charge is 0.0598 e. The van der Waals surface area contributed by atoms with Crippen LogP contribution in [0.3, 0.4) is 0 Å². The molecule has 0 aliphatic carbocycles. The average molecular weight is 201 g/mol. The van der Waals surface area contributed by atoms with Crippen molar-refractivity contribution >= 4 is 0 Å². The van der Waals surface area contributed by atoms with Gasteiger partial charge in [0.05, 0.1) is 6.54 Å². The maximum atomic E-state index is 5.29. The number of terminal acetylenes is 1. The van der Waals surface area contributed by atoms with E-state index in [0.717, 1.165) is 6.42 Å². The first-order valence-corrected chi connectivity index (χ1v) is 5.32. The monoisotopic (exact) mass is 201 g/mol. The van der Waals surface area contributed by atoms with Crippen LogP contribution in [0, 0.1) is 19.3 Å². The Hall–Kier alpha value is -1.26. The summed E-state index contributed by atoms with van der Waals surface area (Å²) < 4.78 is 0. The van der Waals surface area contributed by atoms with Crippen LogP contribution in [0.5, 0.6) is 0 Å². The Balaban J connectivity index is 2.55. The molecule has 0 radical (unpaired) electrons. The minimum atomic E-state index is 0.490. The molecule has 1 atom stereocenters. The van der Waals surface area contributed by atoms with Gasteiger partial charge in [-0.25, -0.2) is 0 Å². The number of hydrogen-bond donors (Lipinski definition) is 0. The number of benzene rings is 1. The van der Waals surface area contributed by atoms with E-state index in [1.54, 1.807) is 0 Å². The molecule has 1 aromatic rings. The fraction of sp³-hybridized carbons (Fsp3) is 0.429. The molecule has 0 heterocycles. The van der Waals surface area contributed by atoms with Crippen LogP contribution in [0.15, 0.2) is 24.3 Å². The largest absolute Gasteiger partial charge is 0.292 e. The molecule has 1 heteroatoms. The molecule has 0 aliphatic rings. The van der Waals surface area contributed by atoms with Gasteiger partial charge in [0.25, 0.3) is 0 Å². The van der Waals surface area contributed by atoms with E-state index < -0.39 is 0 Å². The molecule has 0 saturated heterocycles. The second kappa shape index (κ2) is 5.58. The number of rotatable bonds is 4. The van der Waals surface area contributed by atoms with Crippen LogP contribution < -0.4 is 0 Å². The first kappa shape index (κ1) is 11.8. The zero-order valence-corrected chi connectivity index (χ0v) is 9.83. The maximum Gasteiger partial charge on any atom is 0.0598 e. The zero-order chi connectivity index (χ0) is 11.3. The predicted octanol–water partition coefficient (Wildman–Crippen LogP) is 2.49. The van der Waals surface area contributed by atoms with Crippen molar-refractivity contribution in [2.75, 3.05) is 13.6 Å². The molecule has 0 N–H and O–H groups in total. The molecule has 0 amide bonds. The Morgan fingerprint density at radius 1 is 1.33 bits per heavy atom. The third-order valence-electron chi connectivity index (χ3n) is 2.74. The van der Waals surface area contributed by atoms with Gasteiger partial charge in [0.1, 0.15) is 0 Å². The van der Waals surface area contributed by atoms with Crippen molar-refractivity contribution < 1.29 is 0 Å². The third-order valence-corrected chi connectivity index (χ3v) is 2.74. The van der Waals surface area contributed by atoms with Crippen molar-refractivity contribution in [1.82, 2.24) is 4.90 Å². The van der Waals surface area contributed by atoms with E-state index >= 15 is 0 Å².